The molecule has 19 heavy (non-hydrogen) atoms. The minimum absolute atomic E-state index is 0.403. The number of hydrogen-bond acceptors (Lipinski definition) is 7. The molecule has 0 saturated carbocycles. The fourth-order valence-corrected chi connectivity index (χ4v) is 3.82. The van der Waals surface area contributed by atoms with Gasteiger partial charge in [0, 0.05) is 0 Å². The van der Waals surface area contributed by atoms with E-state index in [0.717, 1.165) is 18.1 Å². The normalized spacial score (nSPS) is 11.8. The smallest absolute Gasteiger partial charge is 0.428 e. The summed E-state index contributed by atoms with van der Waals surface area (Å²) in [7, 11) is -3.36. The molecule has 9 heteroatoms. The molecule has 0 saturated heterocycles. The fourth-order valence-electron chi connectivity index (χ4n) is 1.37. The van der Waals surface area contributed by atoms with Crippen molar-refractivity contribution >= 4 is 15.6 Å². The summed E-state index contributed by atoms with van der Waals surface area (Å²) >= 11 is 0. The van der Waals surface area contributed by atoms with Gasteiger partial charge in [-0.2, -0.15) is 0 Å². The van der Waals surface area contributed by atoms with Crippen LogP contribution in [0, 0.1) is 0 Å². The maximum Gasteiger partial charge on any atom is 0.622 e. The number of rotatable bonds is 8. The summed E-state index contributed by atoms with van der Waals surface area (Å²) in [5.41, 5.74) is 3.94. The Hall–Kier alpha value is 0.00182. The van der Waals surface area contributed by atoms with Crippen molar-refractivity contribution in [2.45, 2.75) is 44.4 Å². The van der Waals surface area contributed by atoms with Crippen molar-refractivity contribution in [3.05, 3.63) is 0 Å². The van der Waals surface area contributed by atoms with Crippen LogP contribution in [0.5, 0.6) is 0 Å². The van der Waals surface area contributed by atoms with Gasteiger partial charge in [-0.1, -0.05) is 20.8 Å². The quantitative estimate of drug-likeness (QED) is 0.304. The molecule has 0 radical (unpaired) electrons. The third kappa shape index (κ3) is 8.71. The third-order valence-corrected chi connectivity index (χ3v) is 7.81. The van der Waals surface area contributed by atoms with Crippen LogP contribution in [0.25, 0.3) is 0 Å². The molecule has 0 aliphatic rings. The topological polar surface area (TPSA) is 136 Å². The molecule has 0 heterocycles. The summed E-state index contributed by atoms with van der Waals surface area (Å²) < 4.78 is 5.14. The monoisotopic (exact) mass is 297 g/mol. The van der Waals surface area contributed by atoms with Crippen molar-refractivity contribution in [3.63, 3.8) is 0 Å². The largest absolute Gasteiger partial charge is 0.622 e. The Morgan fingerprint density at radius 3 is 1.32 bits per heavy atom. The summed E-state index contributed by atoms with van der Waals surface area (Å²) in [4.78, 5) is 0. The van der Waals surface area contributed by atoms with Crippen molar-refractivity contribution in [1.82, 2.24) is 0 Å². The highest BCUT2D eigenvalue weighted by atomic mass is 28.4. The maximum absolute atomic E-state index is 8.65. The van der Waals surface area contributed by atoms with E-state index in [1.165, 1.54) is 0 Å². The third-order valence-electron chi connectivity index (χ3n) is 3.23. The molecule has 0 aromatic heterocycles. The minimum Gasteiger partial charge on any atom is -0.428 e. The van der Waals surface area contributed by atoms with Crippen molar-refractivity contribution in [3.8, 4) is 0 Å². The van der Waals surface area contributed by atoms with Crippen LogP contribution in [-0.2, 0) is 4.34 Å². The number of hydrogen-bond donors (Lipinski definition) is 6. The molecule has 0 aliphatic heterocycles. The number of aliphatic hydroxyl groups excluding tert-OH is 3. The van der Waals surface area contributed by atoms with Crippen molar-refractivity contribution in [1.29, 1.82) is 0 Å². The zero-order valence-electron chi connectivity index (χ0n) is 12.0. The van der Waals surface area contributed by atoms with Gasteiger partial charge in [-0.3, -0.25) is 0 Å². The lowest BCUT2D eigenvalue weighted by Crippen LogP contribution is -2.50. The Kier molecular flexibility index (Phi) is 12.1. The van der Waals surface area contributed by atoms with Crippen LogP contribution in [0.2, 0.25) is 18.1 Å². The van der Waals surface area contributed by atoms with E-state index in [9.17, 15) is 0 Å². The molecule has 0 rings (SSSR count). The molecule has 0 amide bonds. The SMILES string of the molecule is CC[Si](CC)(CC)OB(O)O.NC(CO)(CO)CO. The van der Waals surface area contributed by atoms with Gasteiger partial charge in [0.1, 0.15) is 0 Å². The van der Waals surface area contributed by atoms with Gasteiger partial charge >= 0.3 is 7.32 Å². The predicted molar refractivity (Wildman–Crippen MR) is 76.6 cm³/mol. The first-order valence-electron chi connectivity index (χ1n) is 6.44. The van der Waals surface area contributed by atoms with Gasteiger partial charge in [-0.15, -0.1) is 0 Å². The molecule has 0 unspecified atom stereocenters. The lowest BCUT2D eigenvalue weighted by molar-refractivity contribution is 0.0697. The fraction of sp³-hybridized carbons (Fsp3) is 1.00. The van der Waals surface area contributed by atoms with Gasteiger partial charge < -0.3 is 35.4 Å². The molecule has 0 atom stereocenters. The number of aliphatic hydroxyl groups is 3. The van der Waals surface area contributed by atoms with Crippen LogP contribution in [0.3, 0.4) is 0 Å². The Morgan fingerprint density at radius 2 is 1.26 bits per heavy atom. The van der Waals surface area contributed by atoms with Gasteiger partial charge in [0.15, 0.2) is 8.32 Å². The van der Waals surface area contributed by atoms with Gasteiger partial charge in [-0.05, 0) is 18.1 Å². The predicted octanol–water partition coefficient (Wildman–Crippen LogP) is -1.36. The van der Waals surface area contributed by atoms with E-state index in [2.05, 4.69) is 0 Å². The van der Waals surface area contributed by atoms with Crippen LogP contribution in [-0.4, -0.2) is 66.4 Å². The van der Waals surface area contributed by atoms with Crippen LogP contribution < -0.4 is 5.73 Å². The zero-order valence-corrected chi connectivity index (χ0v) is 13.0. The van der Waals surface area contributed by atoms with E-state index in [1.54, 1.807) is 0 Å². The van der Waals surface area contributed by atoms with Crippen molar-refractivity contribution in [2.75, 3.05) is 19.8 Å². The molecule has 0 aromatic rings. The first-order chi connectivity index (χ1) is 8.78. The molecule has 0 bridgehead atoms. The Labute approximate surface area is 116 Å². The van der Waals surface area contributed by atoms with Crippen LogP contribution >= 0.6 is 0 Å². The lowest BCUT2D eigenvalue weighted by Gasteiger charge is -2.27. The first-order valence-corrected chi connectivity index (χ1v) is 8.97. The first kappa shape index (κ1) is 21.3. The Balaban J connectivity index is 0. The van der Waals surface area contributed by atoms with E-state index in [-0.39, 0.29) is 0 Å². The molecule has 0 aliphatic carbocycles. The standard InChI is InChI=1S/C6H17BO3Si.C4H11NO3/c1-4-11(5-2,6-3)10-7(8)9;5-4(1-6,2-7)3-8/h8-9H,4-6H2,1-3H3;6-8H,1-3,5H2. The Morgan fingerprint density at radius 1 is 0.947 bits per heavy atom. The average Bonchev–Trinajstić information content (AvgIpc) is 2.44. The van der Waals surface area contributed by atoms with E-state index >= 15 is 0 Å². The molecule has 7 N–H and O–H groups in total. The number of nitrogens with two attached hydrogens (primary N) is 1. The zero-order chi connectivity index (χ0) is 15.5. The van der Waals surface area contributed by atoms with Gasteiger partial charge in [-0.25, -0.2) is 0 Å². The highest BCUT2D eigenvalue weighted by molar-refractivity contribution is 6.77. The van der Waals surface area contributed by atoms with E-state index < -0.39 is 41.0 Å². The van der Waals surface area contributed by atoms with Crippen LogP contribution in [0.1, 0.15) is 20.8 Å². The van der Waals surface area contributed by atoms with E-state index in [4.69, 9.17) is 35.4 Å². The van der Waals surface area contributed by atoms with Crippen molar-refractivity contribution < 1.29 is 29.7 Å². The summed E-state index contributed by atoms with van der Waals surface area (Å²) in [6.07, 6.45) is 0. The molecular formula is C10H28BNO6Si. The highest BCUT2D eigenvalue weighted by Crippen LogP contribution is 2.21. The van der Waals surface area contributed by atoms with Gasteiger partial charge in [0.2, 0.25) is 0 Å². The van der Waals surface area contributed by atoms with Crippen LogP contribution in [0.4, 0.5) is 0 Å². The van der Waals surface area contributed by atoms with Crippen LogP contribution in [0.15, 0.2) is 0 Å². The second kappa shape index (κ2) is 10.7. The van der Waals surface area contributed by atoms with Gasteiger partial charge in [0.05, 0.1) is 25.4 Å². The molecular weight excluding hydrogens is 269 g/mol. The van der Waals surface area contributed by atoms with Crippen molar-refractivity contribution in [2.24, 2.45) is 5.73 Å². The highest BCUT2D eigenvalue weighted by Gasteiger charge is 2.32. The minimum atomic E-state index is -1.78. The summed E-state index contributed by atoms with van der Waals surface area (Å²) in [6, 6.07) is 2.83. The van der Waals surface area contributed by atoms with E-state index in [1.807, 2.05) is 20.8 Å². The molecule has 116 valence electrons. The maximum atomic E-state index is 8.65. The molecule has 0 spiro atoms. The Bertz CT molecular complexity index is 198. The lowest BCUT2D eigenvalue weighted by atomic mass is 10.1. The summed E-state index contributed by atoms with van der Waals surface area (Å²) in [5, 5.41) is 42.3. The summed E-state index contributed by atoms with van der Waals surface area (Å²) in [6.45, 7) is 4.92. The second-order valence-corrected chi connectivity index (χ2v) is 9.25. The average molecular weight is 297 g/mol. The molecule has 0 fully saturated rings. The molecule has 0 aromatic carbocycles. The summed E-state index contributed by atoms with van der Waals surface area (Å²) in [5.74, 6) is 0. The second-order valence-electron chi connectivity index (χ2n) is 4.52. The molecule has 7 nitrogen and oxygen atoms in total. The van der Waals surface area contributed by atoms with Gasteiger partial charge in [0.25, 0.3) is 0 Å². The van der Waals surface area contributed by atoms with E-state index in [0.29, 0.717) is 0 Å².